The maximum atomic E-state index is 12.5. The lowest BCUT2D eigenvalue weighted by molar-refractivity contribution is -0.137. The van der Waals surface area contributed by atoms with E-state index in [0.29, 0.717) is 11.5 Å². The van der Waals surface area contributed by atoms with E-state index in [-0.39, 0.29) is 25.0 Å². The van der Waals surface area contributed by atoms with E-state index in [4.69, 9.17) is 5.11 Å². The van der Waals surface area contributed by atoms with Gasteiger partial charge in [0.05, 0.1) is 12.0 Å². The number of carbonyl (C=O) groups excluding carboxylic acids is 1. The number of rotatable bonds is 4. The summed E-state index contributed by atoms with van der Waals surface area (Å²) in [6, 6.07) is 4.77. The lowest BCUT2D eigenvalue weighted by Gasteiger charge is -2.28. The Balaban J connectivity index is 1.82. The molecule has 22 heavy (non-hydrogen) atoms. The SMILES string of the molecule is O=C(Cc1ccc(C(F)(F)F)cc1)NC1CCC(CO)CC1. The second-order valence-electron chi connectivity index (χ2n) is 5.84. The first-order valence-corrected chi connectivity index (χ1v) is 7.45. The van der Waals surface area contributed by atoms with Crippen molar-refractivity contribution in [3.8, 4) is 0 Å². The minimum Gasteiger partial charge on any atom is -0.396 e. The van der Waals surface area contributed by atoms with Gasteiger partial charge in [0, 0.05) is 12.6 Å². The van der Waals surface area contributed by atoms with E-state index in [2.05, 4.69) is 5.32 Å². The molecule has 1 fully saturated rings. The van der Waals surface area contributed by atoms with Gasteiger partial charge in [0.2, 0.25) is 5.91 Å². The molecule has 1 aromatic carbocycles. The fourth-order valence-corrected chi connectivity index (χ4v) is 2.77. The second-order valence-corrected chi connectivity index (χ2v) is 5.84. The fraction of sp³-hybridized carbons (Fsp3) is 0.562. The number of benzene rings is 1. The largest absolute Gasteiger partial charge is 0.416 e. The molecule has 0 radical (unpaired) electrons. The quantitative estimate of drug-likeness (QED) is 0.897. The van der Waals surface area contributed by atoms with E-state index in [9.17, 15) is 18.0 Å². The van der Waals surface area contributed by atoms with Crippen molar-refractivity contribution < 1.29 is 23.1 Å². The van der Waals surface area contributed by atoms with Crippen LogP contribution in [-0.2, 0) is 17.4 Å². The molecule has 0 bridgehead atoms. The summed E-state index contributed by atoms with van der Waals surface area (Å²) in [6.45, 7) is 0.187. The average molecular weight is 315 g/mol. The van der Waals surface area contributed by atoms with Crippen molar-refractivity contribution in [3.63, 3.8) is 0 Å². The number of aliphatic hydroxyl groups excluding tert-OH is 1. The Bertz CT molecular complexity index is 491. The van der Waals surface area contributed by atoms with Gasteiger partial charge in [0.25, 0.3) is 0 Å². The first kappa shape index (κ1) is 16.8. The molecule has 1 saturated carbocycles. The number of nitrogens with one attached hydrogen (secondary N) is 1. The van der Waals surface area contributed by atoms with Gasteiger partial charge in [-0.15, -0.1) is 0 Å². The van der Waals surface area contributed by atoms with Gasteiger partial charge in [-0.05, 0) is 49.3 Å². The number of hydrogen-bond acceptors (Lipinski definition) is 2. The van der Waals surface area contributed by atoms with Crippen molar-refractivity contribution >= 4 is 5.91 Å². The van der Waals surface area contributed by atoms with E-state index in [0.717, 1.165) is 37.8 Å². The molecule has 1 aliphatic rings. The third-order valence-corrected chi connectivity index (χ3v) is 4.12. The highest BCUT2D eigenvalue weighted by Crippen LogP contribution is 2.29. The summed E-state index contributed by atoms with van der Waals surface area (Å²) in [5.74, 6) is 0.148. The Morgan fingerprint density at radius 2 is 1.73 bits per heavy atom. The van der Waals surface area contributed by atoms with Crippen LogP contribution in [0.15, 0.2) is 24.3 Å². The lowest BCUT2D eigenvalue weighted by atomic mass is 9.86. The minimum atomic E-state index is -4.36. The standard InChI is InChI=1S/C16H20F3NO2/c17-16(18,19)13-5-1-11(2-6-13)9-15(22)20-14-7-3-12(10-21)4-8-14/h1-2,5-6,12,14,21H,3-4,7-10H2,(H,20,22). The normalized spacial score (nSPS) is 22.4. The zero-order valence-corrected chi connectivity index (χ0v) is 12.2. The summed E-state index contributed by atoms with van der Waals surface area (Å²) in [7, 11) is 0. The van der Waals surface area contributed by atoms with Gasteiger partial charge in [0.15, 0.2) is 0 Å². The van der Waals surface area contributed by atoms with Crippen LogP contribution in [-0.4, -0.2) is 23.7 Å². The molecule has 1 aromatic rings. The van der Waals surface area contributed by atoms with Gasteiger partial charge in [-0.2, -0.15) is 13.2 Å². The zero-order valence-electron chi connectivity index (χ0n) is 12.2. The lowest BCUT2D eigenvalue weighted by Crippen LogP contribution is -2.38. The Kier molecular flexibility index (Phi) is 5.45. The number of alkyl halides is 3. The molecule has 0 heterocycles. The number of carbonyl (C=O) groups is 1. The van der Waals surface area contributed by atoms with E-state index in [1.54, 1.807) is 0 Å². The predicted molar refractivity (Wildman–Crippen MR) is 76.1 cm³/mol. The van der Waals surface area contributed by atoms with Crippen LogP contribution in [0, 0.1) is 5.92 Å². The molecule has 0 aromatic heterocycles. The predicted octanol–water partition coefficient (Wildman–Crippen LogP) is 2.92. The van der Waals surface area contributed by atoms with Crippen molar-refractivity contribution in [1.82, 2.24) is 5.32 Å². The molecule has 2 N–H and O–H groups in total. The van der Waals surface area contributed by atoms with Crippen LogP contribution in [0.4, 0.5) is 13.2 Å². The molecule has 0 unspecified atom stereocenters. The number of halogens is 3. The molecule has 0 atom stereocenters. The Labute approximate surface area is 127 Å². The highest BCUT2D eigenvalue weighted by molar-refractivity contribution is 5.78. The van der Waals surface area contributed by atoms with Crippen molar-refractivity contribution in [1.29, 1.82) is 0 Å². The molecule has 6 heteroatoms. The molecule has 1 aliphatic carbocycles. The van der Waals surface area contributed by atoms with E-state index >= 15 is 0 Å². The van der Waals surface area contributed by atoms with Crippen LogP contribution < -0.4 is 5.32 Å². The summed E-state index contributed by atoms with van der Waals surface area (Å²) in [5, 5.41) is 12.0. The number of amides is 1. The third-order valence-electron chi connectivity index (χ3n) is 4.12. The molecule has 0 spiro atoms. The van der Waals surface area contributed by atoms with Gasteiger partial charge < -0.3 is 10.4 Å². The van der Waals surface area contributed by atoms with Crippen LogP contribution in [0.5, 0.6) is 0 Å². The van der Waals surface area contributed by atoms with Gasteiger partial charge >= 0.3 is 6.18 Å². The number of aliphatic hydroxyl groups is 1. The van der Waals surface area contributed by atoms with Gasteiger partial charge in [0.1, 0.15) is 0 Å². The Hall–Kier alpha value is -1.56. The van der Waals surface area contributed by atoms with Crippen molar-refractivity contribution in [3.05, 3.63) is 35.4 Å². The second kappa shape index (κ2) is 7.13. The molecule has 1 amide bonds. The van der Waals surface area contributed by atoms with Crippen LogP contribution >= 0.6 is 0 Å². The van der Waals surface area contributed by atoms with Gasteiger partial charge in [-0.3, -0.25) is 4.79 Å². The van der Waals surface area contributed by atoms with Crippen LogP contribution in [0.2, 0.25) is 0 Å². The average Bonchev–Trinajstić information content (AvgIpc) is 2.47. The highest BCUT2D eigenvalue weighted by atomic mass is 19.4. The number of hydrogen-bond donors (Lipinski definition) is 2. The first-order valence-electron chi connectivity index (χ1n) is 7.45. The summed E-state index contributed by atoms with van der Waals surface area (Å²) in [5.41, 5.74) is -0.145. The molecule has 122 valence electrons. The van der Waals surface area contributed by atoms with Gasteiger partial charge in [-0.25, -0.2) is 0 Å². The Morgan fingerprint density at radius 3 is 2.23 bits per heavy atom. The molecule has 2 rings (SSSR count). The summed E-state index contributed by atoms with van der Waals surface area (Å²) < 4.78 is 37.4. The molecular weight excluding hydrogens is 295 g/mol. The minimum absolute atomic E-state index is 0.0814. The summed E-state index contributed by atoms with van der Waals surface area (Å²) >= 11 is 0. The van der Waals surface area contributed by atoms with Crippen molar-refractivity contribution in [2.75, 3.05) is 6.61 Å². The van der Waals surface area contributed by atoms with Crippen molar-refractivity contribution in [2.45, 2.75) is 44.3 Å². The summed E-state index contributed by atoms with van der Waals surface area (Å²) in [4.78, 5) is 11.9. The maximum absolute atomic E-state index is 12.5. The smallest absolute Gasteiger partial charge is 0.396 e. The monoisotopic (exact) mass is 315 g/mol. The molecule has 0 aliphatic heterocycles. The maximum Gasteiger partial charge on any atom is 0.416 e. The first-order chi connectivity index (χ1) is 10.4. The van der Waals surface area contributed by atoms with E-state index < -0.39 is 11.7 Å². The van der Waals surface area contributed by atoms with Crippen LogP contribution in [0.3, 0.4) is 0 Å². The van der Waals surface area contributed by atoms with Crippen LogP contribution in [0.25, 0.3) is 0 Å². The summed E-state index contributed by atoms with van der Waals surface area (Å²) in [6.07, 6.45) is -0.818. The van der Waals surface area contributed by atoms with Crippen LogP contribution in [0.1, 0.15) is 36.8 Å². The molecule has 3 nitrogen and oxygen atoms in total. The fourth-order valence-electron chi connectivity index (χ4n) is 2.77. The molecular formula is C16H20F3NO2. The van der Waals surface area contributed by atoms with Gasteiger partial charge in [-0.1, -0.05) is 12.1 Å². The Morgan fingerprint density at radius 1 is 1.14 bits per heavy atom. The topological polar surface area (TPSA) is 49.3 Å². The third kappa shape index (κ3) is 4.73. The van der Waals surface area contributed by atoms with E-state index in [1.807, 2.05) is 0 Å². The highest BCUT2D eigenvalue weighted by Gasteiger charge is 2.30. The van der Waals surface area contributed by atoms with E-state index in [1.165, 1.54) is 12.1 Å². The zero-order chi connectivity index (χ0) is 16.2. The van der Waals surface area contributed by atoms with Crippen molar-refractivity contribution in [2.24, 2.45) is 5.92 Å². The molecule has 0 saturated heterocycles.